The van der Waals surface area contributed by atoms with E-state index in [-0.39, 0.29) is 5.82 Å². The molecule has 22 heavy (non-hydrogen) atoms. The van der Waals surface area contributed by atoms with Gasteiger partial charge < -0.3 is 10.3 Å². The number of anilines is 1. The van der Waals surface area contributed by atoms with Gasteiger partial charge in [0.15, 0.2) is 0 Å². The fraction of sp³-hybridized carbons (Fsp3) is 0.118. The highest BCUT2D eigenvalue weighted by Gasteiger charge is 2.08. The monoisotopic (exact) mass is 359 g/mol. The van der Waals surface area contributed by atoms with Crippen LogP contribution in [0.1, 0.15) is 17.0 Å². The van der Waals surface area contributed by atoms with Crippen molar-refractivity contribution in [3.63, 3.8) is 0 Å². The Labute approximate surface area is 136 Å². The molecule has 0 atom stereocenters. The summed E-state index contributed by atoms with van der Waals surface area (Å²) < 4.78 is 15.8. The molecule has 5 heteroatoms. The average molecular weight is 360 g/mol. The molecule has 2 aromatic carbocycles. The highest BCUT2D eigenvalue weighted by Crippen LogP contribution is 2.19. The summed E-state index contributed by atoms with van der Waals surface area (Å²) in [6, 6.07) is 12.8. The van der Waals surface area contributed by atoms with Crippen LogP contribution >= 0.6 is 15.9 Å². The van der Waals surface area contributed by atoms with Crippen LogP contribution in [0.25, 0.3) is 0 Å². The van der Waals surface area contributed by atoms with Gasteiger partial charge in [-0.3, -0.25) is 0 Å². The Hall–Kier alpha value is -2.14. The zero-order chi connectivity index (χ0) is 15.5. The van der Waals surface area contributed by atoms with E-state index >= 15 is 0 Å². The first-order valence-corrected chi connectivity index (χ1v) is 7.70. The van der Waals surface area contributed by atoms with Crippen molar-refractivity contribution in [3.8, 4) is 0 Å². The number of halogens is 2. The molecule has 3 rings (SSSR count). The maximum Gasteiger partial charge on any atom is 0.137 e. The van der Waals surface area contributed by atoms with Gasteiger partial charge in [-0.1, -0.05) is 24.3 Å². The molecule has 0 aliphatic carbocycles. The fourth-order valence-corrected chi connectivity index (χ4v) is 2.78. The summed E-state index contributed by atoms with van der Waals surface area (Å²) >= 11 is 3.22. The maximum absolute atomic E-state index is 13.3. The van der Waals surface area contributed by atoms with Crippen LogP contribution in [-0.2, 0) is 13.0 Å². The zero-order valence-corrected chi connectivity index (χ0v) is 13.4. The van der Waals surface area contributed by atoms with Crippen molar-refractivity contribution in [3.05, 3.63) is 82.1 Å². The third kappa shape index (κ3) is 3.20. The van der Waals surface area contributed by atoms with Gasteiger partial charge in [0.1, 0.15) is 11.6 Å². The number of imidazole rings is 1. The summed E-state index contributed by atoms with van der Waals surface area (Å²) in [6.45, 7) is 0.640. The third-order valence-corrected chi connectivity index (χ3v) is 4.15. The molecule has 0 saturated heterocycles. The van der Waals surface area contributed by atoms with Crippen LogP contribution in [-0.4, -0.2) is 9.55 Å². The SMILES string of the molecule is Nc1ccccc1Cc1nccn1Cc1ccc(F)c(Br)c1. The van der Waals surface area contributed by atoms with E-state index in [1.54, 1.807) is 18.3 Å². The van der Waals surface area contributed by atoms with Crippen LogP contribution in [0.15, 0.2) is 59.3 Å². The van der Waals surface area contributed by atoms with Crippen molar-refractivity contribution in [1.82, 2.24) is 9.55 Å². The molecule has 0 unspecified atom stereocenters. The van der Waals surface area contributed by atoms with Gasteiger partial charge in [0.2, 0.25) is 0 Å². The third-order valence-electron chi connectivity index (χ3n) is 3.54. The summed E-state index contributed by atoms with van der Waals surface area (Å²) in [5.41, 5.74) is 8.82. The number of nitrogen functional groups attached to an aromatic ring is 1. The van der Waals surface area contributed by atoms with E-state index in [1.807, 2.05) is 35.0 Å². The summed E-state index contributed by atoms with van der Waals surface area (Å²) in [5.74, 6) is 0.671. The van der Waals surface area contributed by atoms with E-state index in [0.717, 1.165) is 22.6 Å². The average Bonchev–Trinajstić information content (AvgIpc) is 2.92. The predicted octanol–water partition coefficient (Wildman–Crippen LogP) is 4.01. The molecule has 0 radical (unpaired) electrons. The van der Waals surface area contributed by atoms with Gasteiger partial charge in [-0.15, -0.1) is 0 Å². The largest absolute Gasteiger partial charge is 0.398 e. The van der Waals surface area contributed by atoms with Crippen molar-refractivity contribution in [2.75, 3.05) is 5.73 Å². The van der Waals surface area contributed by atoms with Gasteiger partial charge in [0.05, 0.1) is 4.47 Å². The van der Waals surface area contributed by atoms with Crippen LogP contribution in [0.5, 0.6) is 0 Å². The number of aromatic nitrogens is 2. The first kappa shape index (κ1) is 14.8. The second kappa shape index (κ2) is 6.32. The molecule has 1 aromatic heterocycles. The molecule has 3 nitrogen and oxygen atoms in total. The molecule has 2 N–H and O–H groups in total. The van der Waals surface area contributed by atoms with Crippen LogP contribution in [0.4, 0.5) is 10.1 Å². The van der Waals surface area contributed by atoms with Crippen LogP contribution in [0.3, 0.4) is 0 Å². The number of hydrogen-bond acceptors (Lipinski definition) is 2. The summed E-state index contributed by atoms with van der Waals surface area (Å²) in [4.78, 5) is 4.41. The Morgan fingerprint density at radius 1 is 1.18 bits per heavy atom. The number of hydrogen-bond donors (Lipinski definition) is 1. The smallest absolute Gasteiger partial charge is 0.137 e. The molecular formula is C17H15BrFN3. The van der Waals surface area contributed by atoms with Crippen LogP contribution in [0, 0.1) is 5.82 Å². The fourth-order valence-electron chi connectivity index (χ4n) is 2.35. The molecule has 0 spiro atoms. The van der Waals surface area contributed by atoms with Gasteiger partial charge in [-0.2, -0.15) is 0 Å². The lowest BCUT2D eigenvalue weighted by molar-refractivity contribution is 0.619. The van der Waals surface area contributed by atoms with E-state index < -0.39 is 0 Å². The highest BCUT2D eigenvalue weighted by atomic mass is 79.9. The second-order valence-electron chi connectivity index (χ2n) is 5.10. The first-order valence-electron chi connectivity index (χ1n) is 6.91. The maximum atomic E-state index is 13.3. The van der Waals surface area contributed by atoms with Crippen molar-refractivity contribution in [1.29, 1.82) is 0 Å². The summed E-state index contributed by atoms with van der Waals surface area (Å²) in [5, 5.41) is 0. The molecular weight excluding hydrogens is 345 g/mol. The van der Waals surface area contributed by atoms with E-state index in [0.29, 0.717) is 17.4 Å². The van der Waals surface area contributed by atoms with E-state index in [4.69, 9.17) is 5.73 Å². The van der Waals surface area contributed by atoms with Crippen molar-refractivity contribution >= 4 is 21.6 Å². The van der Waals surface area contributed by atoms with Gasteiger partial charge in [0.25, 0.3) is 0 Å². The van der Waals surface area contributed by atoms with Gasteiger partial charge in [0, 0.05) is 31.0 Å². The standard InChI is InChI=1S/C17H15BrFN3/c18-14-9-12(5-6-15(14)19)11-22-8-7-21-17(22)10-13-3-1-2-4-16(13)20/h1-9H,10-11,20H2. The van der Waals surface area contributed by atoms with E-state index in [1.165, 1.54) is 6.07 Å². The molecule has 112 valence electrons. The number of nitrogens with zero attached hydrogens (tertiary/aromatic N) is 2. The number of nitrogens with two attached hydrogens (primary N) is 1. The van der Waals surface area contributed by atoms with Gasteiger partial charge >= 0.3 is 0 Å². The second-order valence-corrected chi connectivity index (χ2v) is 5.95. The highest BCUT2D eigenvalue weighted by molar-refractivity contribution is 9.10. The lowest BCUT2D eigenvalue weighted by atomic mass is 10.1. The molecule has 3 aromatic rings. The molecule has 0 saturated carbocycles. The molecule has 1 heterocycles. The van der Waals surface area contributed by atoms with Gasteiger partial charge in [-0.05, 0) is 45.3 Å². The Morgan fingerprint density at radius 2 is 2.00 bits per heavy atom. The zero-order valence-electron chi connectivity index (χ0n) is 11.8. The molecule has 0 aliphatic rings. The minimum absolute atomic E-state index is 0.258. The summed E-state index contributed by atoms with van der Waals surface area (Å²) in [6.07, 6.45) is 4.36. The summed E-state index contributed by atoms with van der Waals surface area (Å²) in [7, 11) is 0. The number of benzene rings is 2. The number of para-hydroxylation sites is 1. The van der Waals surface area contributed by atoms with Crippen LogP contribution < -0.4 is 5.73 Å². The lowest BCUT2D eigenvalue weighted by Crippen LogP contribution is -2.06. The van der Waals surface area contributed by atoms with Crippen molar-refractivity contribution in [2.45, 2.75) is 13.0 Å². The quantitative estimate of drug-likeness (QED) is 0.715. The minimum atomic E-state index is -0.258. The minimum Gasteiger partial charge on any atom is -0.398 e. The number of rotatable bonds is 4. The topological polar surface area (TPSA) is 43.8 Å². The first-order chi connectivity index (χ1) is 10.6. The van der Waals surface area contributed by atoms with Gasteiger partial charge in [-0.25, -0.2) is 9.37 Å². The van der Waals surface area contributed by atoms with E-state index in [9.17, 15) is 4.39 Å². The Balaban J connectivity index is 1.83. The predicted molar refractivity (Wildman–Crippen MR) is 89.1 cm³/mol. The molecule has 0 fully saturated rings. The Bertz CT molecular complexity index is 798. The molecule has 0 aliphatic heterocycles. The normalized spacial score (nSPS) is 10.8. The van der Waals surface area contributed by atoms with E-state index in [2.05, 4.69) is 20.9 Å². The molecule has 0 amide bonds. The Morgan fingerprint density at radius 3 is 2.77 bits per heavy atom. The lowest BCUT2D eigenvalue weighted by Gasteiger charge is -2.10. The van der Waals surface area contributed by atoms with Crippen molar-refractivity contribution < 1.29 is 4.39 Å². The van der Waals surface area contributed by atoms with Crippen molar-refractivity contribution in [2.24, 2.45) is 0 Å². The Kier molecular flexibility index (Phi) is 4.24. The van der Waals surface area contributed by atoms with Crippen LogP contribution in [0.2, 0.25) is 0 Å². The molecule has 0 bridgehead atoms.